The molecule has 2 heterocycles. The number of nitrogens with one attached hydrogen (secondary N) is 1. The van der Waals surface area contributed by atoms with E-state index in [1.165, 1.54) is 10.9 Å². The molecule has 1 unspecified atom stereocenters. The summed E-state index contributed by atoms with van der Waals surface area (Å²) in [6, 6.07) is 0. The lowest BCUT2D eigenvalue weighted by atomic mass is 10.2. The monoisotopic (exact) mass is 253 g/mol. The predicted molar refractivity (Wildman–Crippen MR) is 61.5 cm³/mol. The highest BCUT2D eigenvalue weighted by atomic mass is 16.5. The maximum atomic E-state index is 11.9. The number of hydrogen-bond acceptors (Lipinski definition) is 4. The average molecular weight is 253 g/mol. The Morgan fingerprint density at radius 3 is 3.06 bits per heavy atom. The summed E-state index contributed by atoms with van der Waals surface area (Å²) >= 11 is 0. The molecule has 0 saturated carbocycles. The van der Waals surface area contributed by atoms with Crippen LogP contribution in [0.15, 0.2) is 6.20 Å². The van der Waals surface area contributed by atoms with Crippen LogP contribution >= 0.6 is 0 Å². The highest BCUT2D eigenvalue weighted by molar-refractivity contribution is 6.03. The summed E-state index contributed by atoms with van der Waals surface area (Å²) < 4.78 is 6.68. The molecule has 0 radical (unpaired) electrons. The van der Waals surface area contributed by atoms with E-state index in [4.69, 9.17) is 9.84 Å². The van der Waals surface area contributed by atoms with Gasteiger partial charge in [0.1, 0.15) is 0 Å². The number of aromatic nitrogens is 2. The van der Waals surface area contributed by atoms with Crippen molar-refractivity contribution < 1.29 is 19.4 Å². The fourth-order valence-corrected chi connectivity index (χ4v) is 1.92. The maximum absolute atomic E-state index is 11.9. The van der Waals surface area contributed by atoms with Crippen molar-refractivity contribution in [3.63, 3.8) is 0 Å². The molecular formula is C11H15N3O4. The third-order valence-electron chi connectivity index (χ3n) is 2.79. The van der Waals surface area contributed by atoms with Crippen LogP contribution in [-0.2, 0) is 11.8 Å². The second-order valence-electron chi connectivity index (χ2n) is 4.22. The van der Waals surface area contributed by atoms with Gasteiger partial charge in [0, 0.05) is 26.4 Å². The van der Waals surface area contributed by atoms with Crippen LogP contribution < -0.4 is 5.32 Å². The quantitative estimate of drug-likeness (QED) is 0.789. The van der Waals surface area contributed by atoms with Gasteiger partial charge in [-0.2, -0.15) is 5.10 Å². The van der Waals surface area contributed by atoms with Crippen molar-refractivity contribution in [2.45, 2.75) is 18.9 Å². The lowest BCUT2D eigenvalue weighted by Gasteiger charge is -2.10. The third kappa shape index (κ3) is 2.67. The number of nitrogens with zero attached hydrogens (tertiary/aromatic N) is 2. The fourth-order valence-electron chi connectivity index (χ4n) is 1.92. The minimum absolute atomic E-state index is 0.0268. The van der Waals surface area contributed by atoms with Gasteiger partial charge in [-0.3, -0.25) is 9.48 Å². The van der Waals surface area contributed by atoms with Crippen LogP contribution in [0.2, 0.25) is 0 Å². The van der Waals surface area contributed by atoms with Crippen molar-refractivity contribution in [3.8, 4) is 0 Å². The van der Waals surface area contributed by atoms with Crippen molar-refractivity contribution in [2.24, 2.45) is 7.05 Å². The standard InChI is InChI=1S/C11H15N3O4/c1-14-6-8(9(13-14)11(16)17)10(15)12-5-7-3-2-4-18-7/h6-7H,2-5H2,1H3,(H,12,15)(H,16,17). The predicted octanol–water partition coefficient (Wildman–Crippen LogP) is 0.0271. The maximum Gasteiger partial charge on any atom is 0.357 e. The van der Waals surface area contributed by atoms with E-state index in [-0.39, 0.29) is 17.4 Å². The molecule has 18 heavy (non-hydrogen) atoms. The van der Waals surface area contributed by atoms with E-state index >= 15 is 0 Å². The van der Waals surface area contributed by atoms with Crippen molar-refractivity contribution in [1.82, 2.24) is 15.1 Å². The lowest BCUT2D eigenvalue weighted by molar-refractivity contribution is 0.0682. The number of aryl methyl sites for hydroxylation is 1. The molecule has 7 heteroatoms. The van der Waals surface area contributed by atoms with Gasteiger partial charge in [-0.15, -0.1) is 0 Å². The Morgan fingerprint density at radius 2 is 2.44 bits per heavy atom. The van der Waals surface area contributed by atoms with Crippen LogP contribution in [0.4, 0.5) is 0 Å². The minimum atomic E-state index is -1.21. The van der Waals surface area contributed by atoms with Crippen molar-refractivity contribution >= 4 is 11.9 Å². The van der Waals surface area contributed by atoms with Crippen LogP contribution in [0.3, 0.4) is 0 Å². The summed E-state index contributed by atoms with van der Waals surface area (Å²) in [7, 11) is 1.57. The number of rotatable bonds is 4. The van der Waals surface area contributed by atoms with Gasteiger partial charge in [0.15, 0.2) is 5.69 Å². The molecule has 1 atom stereocenters. The molecule has 1 aromatic heterocycles. The first-order valence-electron chi connectivity index (χ1n) is 5.74. The normalized spacial score (nSPS) is 18.8. The molecular weight excluding hydrogens is 238 g/mol. The summed E-state index contributed by atoms with van der Waals surface area (Å²) in [5, 5.41) is 15.3. The van der Waals surface area contributed by atoms with E-state index in [1.807, 2.05) is 0 Å². The van der Waals surface area contributed by atoms with Crippen molar-refractivity contribution in [2.75, 3.05) is 13.2 Å². The van der Waals surface area contributed by atoms with E-state index < -0.39 is 11.9 Å². The highest BCUT2D eigenvalue weighted by Crippen LogP contribution is 2.11. The van der Waals surface area contributed by atoms with E-state index in [1.54, 1.807) is 7.05 Å². The molecule has 2 rings (SSSR count). The van der Waals surface area contributed by atoms with Crippen LogP contribution in [-0.4, -0.2) is 46.0 Å². The molecule has 1 fully saturated rings. The van der Waals surface area contributed by atoms with Crippen LogP contribution in [0.5, 0.6) is 0 Å². The van der Waals surface area contributed by atoms with Gasteiger partial charge in [0.05, 0.1) is 11.7 Å². The third-order valence-corrected chi connectivity index (χ3v) is 2.79. The molecule has 7 nitrogen and oxygen atoms in total. The Labute approximate surface area is 104 Å². The summed E-state index contributed by atoms with van der Waals surface area (Å²) in [4.78, 5) is 22.8. The highest BCUT2D eigenvalue weighted by Gasteiger charge is 2.22. The SMILES string of the molecule is Cn1cc(C(=O)NCC2CCCO2)c(C(=O)O)n1. The van der Waals surface area contributed by atoms with Gasteiger partial charge in [-0.05, 0) is 12.8 Å². The number of ether oxygens (including phenoxy) is 1. The number of carboxylic acid groups (broad SMARTS) is 1. The second-order valence-corrected chi connectivity index (χ2v) is 4.22. The first-order valence-corrected chi connectivity index (χ1v) is 5.74. The van der Waals surface area contributed by atoms with Crippen molar-refractivity contribution in [3.05, 3.63) is 17.5 Å². The minimum Gasteiger partial charge on any atom is -0.476 e. The van der Waals surface area contributed by atoms with E-state index in [2.05, 4.69) is 10.4 Å². The smallest absolute Gasteiger partial charge is 0.357 e. The summed E-state index contributed by atoms with van der Waals surface area (Å²) in [6.45, 7) is 1.11. The molecule has 1 aliphatic rings. The van der Waals surface area contributed by atoms with Crippen LogP contribution in [0.25, 0.3) is 0 Å². The molecule has 1 saturated heterocycles. The zero-order valence-electron chi connectivity index (χ0n) is 10.0. The van der Waals surface area contributed by atoms with Crippen LogP contribution in [0, 0.1) is 0 Å². The average Bonchev–Trinajstić information content (AvgIpc) is 2.94. The van der Waals surface area contributed by atoms with E-state index in [0.29, 0.717) is 13.2 Å². The first kappa shape index (κ1) is 12.6. The number of hydrogen-bond donors (Lipinski definition) is 2. The Morgan fingerprint density at radius 1 is 1.67 bits per heavy atom. The zero-order chi connectivity index (χ0) is 13.1. The summed E-state index contributed by atoms with van der Waals surface area (Å²) in [5.41, 5.74) is -0.162. The van der Waals surface area contributed by atoms with Gasteiger partial charge < -0.3 is 15.2 Å². The Bertz CT molecular complexity index is 463. The van der Waals surface area contributed by atoms with E-state index in [0.717, 1.165) is 12.8 Å². The summed E-state index contributed by atoms with van der Waals surface area (Å²) in [5.74, 6) is -1.64. The van der Waals surface area contributed by atoms with Gasteiger partial charge in [-0.1, -0.05) is 0 Å². The lowest BCUT2D eigenvalue weighted by Crippen LogP contribution is -2.32. The number of aromatic carboxylic acids is 1. The number of amides is 1. The largest absolute Gasteiger partial charge is 0.476 e. The number of carboxylic acids is 1. The van der Waals surface area contributed by atoms with E-state index in [9.17, 15) is 9.59 Å². The molecule has 1 amide bonds. The zero-order valence-corrected chi connectivity index (χ0v) is 10.0. The molecule has 1 aromatic rings. The fraction of sp³-hybridized carbons (Fsp3) is 0.545. The first-order chi connectivity index (χ1) is 8.58. The molecule has 0 bridgehead atoms. The summed E-state index contributed by atoms with van der Waals surface area (Å²) in [6.07, 6.45) is 3.33. The molecule has 0 spiro atoms. The Hall–Kier alpha value is -1.89. The van der Waals surface area contributed by atoms with Gasteiger partial charge in [-0.25, -0.2) is 4.79 Å². The molecule has 1 aliphatic heterocycles. The Balaban J connectivity index is 2.01. The van der Waals surface area contributed by atoms with Gasteiger partial charge in [0.25, 0.3) is 5.91 Å². The Kier molecular flexibility index (Phi) is 3.61. The number of carbonyl (C=O) groups excluding carboxylic acids is 1. The topological polar surface area (TPSA) is 93.5 Å². The van der Waals surface area contributed by atoms with Gasteiger partial charge in [0.2, 0.25) is 0 Å². The van der Waals surface area contributed by atoms with Crippen LogP contribution in [0.1, 0.15) is 33.7 Å². The van der Waals surface area contributed by atoms with Gasteiger partial charge >= 0.3 is 5.97 Å². The molecule has 98 valence electrons. The second kappa shape index (κ2) is 5.18. The molecule has 2 N–H and O–H groups in total. The van der Waals surface area contributed by atoms with Crippen molar-refractivity contribution in [1.29, 1.82) is 0 Å². The molecule has 0 aliphatic carbocycles. The molecule has 0 aromatic carbocycles. The number of carbonyl (C=O) groups is 2.